The SMILES string of the molecule is CCCCCn1cnc2c1NC(N)(CCCCC)NC2=O. The van der Waals surface area contributed by atoms with Crippen LogP contribution in [-0.2, 0) is 6.54 Å². The minimum atomic E-state index is -0.859. The van der Waals surface area contributed by atoms with Crippen molar-refractivity contribution in [1.29, 1.82) is 0 Å². The second-order valence-electron chi connectivity index (χ2n) is 5.85. The van der Waals surface area contributed by atoms with E-state index in [0.717, 1.165) is 38.0 Å². The van der Waals surface area contributed by atoms with Crippen LogP contribution in [0.4, 0.5) is 5.82 Å². The van der Waals surface area contributed by atoms with Crippen LogP contribution in [0.2, 0.25) is 0 Å². The number of hydrogen-bond donors (Lipinski definition) is 3. The molecule has 2 rings (SSSR count). The first-order valence-corrected chi connectivity index (χ1v) is 8.04. The Morgan fingerprint density at radius 3 is 2.62 bits per heavy atom. The number of aryl methyl sites for hydroxylation is 1. The van der Waals surface area contributed by atoms with Crippen LogP contribution in [0, 0.1) is 0 Å². The molecular weight excluding hydrogens is 266 g/mol. The first kappa shape index (κ1) is 15.8. The van der Waals surface area contributed by atoms with E-state index in [9.17, 15) is 4.79 Å². The number of carbonyl (C=O) groups is 1. The van der Waals surface area contributed by atoms with E-state index < -0.39 is 5.79 Å². The van der Waals surface area contributed by atoms with Gasteiger partial charge in [0, 0.05) is 13.0 Å². The lowest BCUT2D eigenvalue weighted by molar-refractivity contribution is 0.0891. The van der Waals surface area contributed by atoms with Crippen LogP contribution in [0.1, 0.15) is 69.3 Å². The molecule has 1 aliphatic heterocycles. The third-order valence-electron chi connectivity index (χ3n) is 3.91. The summed E-state index contributed by atoms with van der Waals surface area (Å²) in [5, 5.41) is 6.12. The predicted octanol–water partition coefficient (Wildman–Crippen LogP) is 2.42. The number of aromatic nitrogens is 2. The van der Waals surface area contributed by atoms with Gasteiger partial charge in [-0.05, 0) is 12.8 Å². The number of imidazole rings is 1. The van der Waals surface area contributed by atoms with Gasteiger partial charge in [0.05, 0.1) is 6.33 Å². The number of nitrogens with one attached hydrogen (secondary N) is 2. The average Bonchev–Trinajstić information content (AvgIpc) is 2.82. The van der Waals surface area contributed by atoms with Crippen LogP contribution in [0.5, 0.6) is 0 Å². The number of amides is 1. The number of anilines is 1. The Morgan fingerprint density at radius 2 is 1.90 bits per heavy atom. The maximum atomic E-state index is 12.2. The Kier molecular flexibility index (Phi) is 5.22. The summed E-state index contributed by atoms with van der Waals surface area (Å²) in [5.41, 5.74) is 6.75. The molecule has 0 aromatic carbocycles. The smallest absolute Gasteiger partial charge is 0.276 e. The lowest BCUT2D eigenvalue weighted by Crippen LogP contribution is -2.64. The summed E-state index contributed by atoms with van der Waals surface area (Å²) in [6.45, 7) is 5.19. The van der Waals surface area contributed by atoms with Crippen molar-refractivity contribution in [3.8, 4) is 0 Å². The fourth-order valence-electron chi connectivity index (χ4n) is 2.66. The molecule has 0 aliphatic carbocycles. The molecule has 0 spiro atoms. The summed E-state index contributed by atoms with van der Waals surface area (Å²) in [6.07, 6.45) is 9.09. The van der Waals surface area contributed by atoms with Crippen molar-refractivity contribution in [3.05, 3.63) is 12.0 Å². The number of fused-ring (bicyclic) bond motifs is 1. The molecule has 0 radical (unpaired) electrons. The van der Waals surface area contributed by atoms with E-state index in [1.54, 1.807) is 6.33 Å². The largest absolute Gasteiger partial charge is 0.335 e. The highest BCUT2D eigenvalue weighted by Gasteiger charge is 2.36. The molecule has 0 fully saturated rings. The molecular formula is C15H27N5O. The molecule has 0 bridgehead atoms. The van der Waals surface area contributed by atoms with E-state index in [-0.39, 0.29) is 5.91 Å². The fraction of sp³-hybridized carbons (Fsp3) is 0.733. The number of rotatable bonds is 8. The van der Waals surface area contributed by atoms with Gasteiger partial charge in [0.25, 0.3) is 5.91 Å². The van der Waals surface area contributed by atoms with E-state index in [1.165, 1.54) is 12.8 Å². The topological polar surface area (TPSA) is 85.0 Å². The molecule has 0 saturated heterocycles. The molecule has 118 valence electrons. The van der Waals surface area contributed by atoms with Gasteiger partial charge in [-0.3, -0.25) is 10.5 Å². The molecule has 4 N–H and O–H groups in total. The zero-order valence-corrected chi connectivity index (χ0v) is 13.1. The van der Waals surface area contributed by atoms with Crippen LogP contribution in [0.25, 0.3) is 0 Å². The van der Waals surface area contributed by atoms with Gasteiger partial charge in [0.2, 0.25) is 0 Å². The van der Waals surface area contributed by atoms with Crippen LogP contribution in [0.3, 0.4) is 0 Å². The summed E-state index contributed by atoms with van der Waals surface area (Å²) >= 11 is 0. The number of nitrogens with two attached hydrogens (primary N) is 1. The van der Waals surface area contributed by atoms with Gasteiger partial charge in [-0.2, -0.15) is 0 Å². The number of hydrogen-bond acceptors (Lipinski definition) is 4. The normalized spacial score (nSPS) is 20.8. The van der Waals surface area contributed by atoms with Crippen molar-refractivity contribution in [2.75, 3.05) is 5.32 Å². The highest BCUT2D eigenvalue weighted by molar-refractivity contribution is 5.99. The molecule has 21 heavy (non-hydrogen) atoms. The zero-order chi connectivity index (χ0) is 15.3. The molecule has 1 amide bonds. The van der Waals surface area contributed by atoms with E-state index in [2.05, 4.69) is 29.5 Å². The van der Waals surface area contributed by atoms with Crippen LogP contribution < -0.4 is 16.4 Å². The summed E-state index contributed by atoms with van der Waals surface area (Å²) in [6, 6.07) is 0. The predicted molar refractivity (Wildman–Crippen MR) is 83.9 cm³/mol. The average molecular weight is 293 g/mol. The van der Waals surface area contributed by atoms with Crippen LogP contribution >= 0.6 is 0 Å². The van der Waals surface area contributed by atoms with Crippen molar-refractivity contribution in [3.63, 3.8) is 0 Å². The van der Waals surface area contributed by atoms with Crippen LogP contribution in [0.15, 0.2) is 6.33 Å². The van der Waals surface area contributed by atoms with Gasteiger partial charge in [-0.1, -0.05) is 39.5 Å². The summed E-state index contributed by atoms with van der Waals surface area (Å²) in [4.78, 5) is 16.4. The number of unbranched alkanes of at least 4 members (excludes halogenated alkanes) is 4. The summed E-state index contributed by atoms with van der Waals surface area (Å²) in [5.74, 6) is -0.284. The molecule has 6 nitrogen and oxygen atoms in total. The maximum absolute atomic E-state index is 12.2. The third kappa shape index (κ3) is 3.75. The molecule has 1 aromatic heterocycles. The minimum absolute atomic E-state index is 0.183. The first-order chi connectivity index (χ1) is 10.1. The molecule has 0 saturated carbocycles. The second-order valence-corrected chi connectivity index (χ2v) is 5.85. The molecule has 1 aromatic rings. The van der Waals surface area contributed by atoms with Crippen molar-refractivity contribution < 1.29 is 4.79 Å². The molecule has 1 unspecified atom stereocenters. The van der Waals surface area contributed by atoms with Crippen LogP contribution in [-0.4, -0.2) is 21.2 Å². The zero-order valence-electron chi connectivity index (χ0n) is 13.1. The molecule has 6 heteroatoms. The molecule has 1 aliphatic rings. The highest BCUT2D eigenvalue weighted by Crippen LogP contribution is 2.25. The quantitative estimate of drug-likeness (QED) is 0.643. The van der Waals surface area contributed by atoms with Crippen molar-refractivity contribution >= 4 is 11.7 Å². The summed E-state index contributed by atoms with van der Waals surface area (Å²) < 4.78 is 2.01. The second kappa shape index (κ2) is 6.93. The van der Waals surface area contributed by atoms with Gasteiger partial charge in [-0.15, -0.1) is 0 Å². The highest BCUT2D eigenvalue weighted by atomic mass is 16.2. The monoisotopic (exact) mass is 293 g/mol. The molecule has 1 atom stereocenters. The Balaban J connectivity index is 2.08. The molecule has 2 heterocycles. The van der Waals surface area contributed by atoms with Gasteiger partial charge in [0.15, 0.2) is 11.5 Å². The standard InChI is InChI=1S/C15H27N5O/c1-3-5-7-9-15(16)18-13-12(14(21)19-15)17-11-20(13)10-8-6-4-2/h11,18H,3-10,16H2,1-2H3,(H,19,21). The minimum Gasteiger partial charge on any atom is -0.335 e. The van der Waals surface area contributed by atoms with Crippen molar-refractivity contribution in [2.45, 2.75) is 71.1 Å². The lowest BCUT2D eigenvalue weighted by atomic mass is 10.1. The van der Waals surface area contributed by atoms with E-state index in [0.29, 0.717) is 12.1 Å². The Labute approximate surface area is 126 Å². The van der Waals surface area contributed by atoms with Gasteiger partial charge >= 0.3 is 0 Å². The van der Waals surface area contributed by atoms with E-state index in [1.807, 2.05) is 4.57 Å². The van der Waals surface area contributed by atoms with E-state index in [4.69, 9.17) is 5.73 Å². The summed E-state index contributed by atoms with van der Waals surface area (Å²) in [7, 11) is 0. The fourth-order valence-corrected chi connectivity index (χ4v) is 2.66. The Bertz CT molecular complexity index is 484. The van der Waals surface area contributed by atoms with Crippen molar-refractivity contribution in [1.82, 2.24) is 14.9 Å². The number of nitrogens with zero attached hydrogens (tertiary/aromatic N) is 2. The van der Waals surface area contributed by atoms with Crippen molar-refractivity contribution in [2.24, 2.45) is 5.73 Å². The maximum Gasteiger partial charge on any atom is 0.276 e. The van der Waals surface area contributed by atoms with Gasteiger partial charge in [0.1, 0.15) is 5.82 Å². The van der Waals surface area contributed by atoms with Gasteiger partial charge < -0.3 is 15.2 Å². The Morgan fingerprint density at radius 1 is 1.19 bits per heavy atom. The third-order valence-corrected chi connectivity index (χ3v) is 3.91. The first-order valence-electron chi connectivity index (χ1n) is 8.04. The van der Waals surface area contributed by atoms with E-state index >= 15 is 0 Å². The lowest BCUT2D eigenvalue weighted by Gasteiger charge is -2.36. The van der Waals surface area contributed by atoms with Gasteiger partial charge in [-0.25, -0.2) is 4.98 Å². The number of carbonyl (C=O) groups excluding carboxylic acids is 1. The Hall–Kier alpha value is -1.56.